The number of hydrogen-bond acceptors (Lipinski definition) is 4. The van der Waals surface area contributed by atoms with Crippen molar-refractivity contribution in [3.63, 3.8) is 0 Å². The van der Waals surface area contributed by atoms with Gasteiger partial charge in [0.05, 0.1) is 17.4 Å². The van der Waals surface area contributed by atoms with E-state index in [9.17, 15) is 0 Å². The van der Waals surface area contributed by atoms with E-state index >= 15 is 0 Å². The highest BCUT2D eigenvalue weighted by molar-refractivity contribution is 5.78. The van der Waals surface area contributed by atoms with Gasteiger partial charge >= 0.3 is 0 Å². The molecular formula is C17H19N3O. The zero-order valence-corrected chi connectivity index (χ0v) is 12.6. The Morgan fingerprint density at radius 3 is 2.71 bits per heavy atom. The van der Waals surface area contributed by atoms with Crippen molar-refractivity contribution >= 4 is 11.0 Å². The molecule has 2 heterocycles. The standard InChI is InChI=1S/C17H19N3O/c1-4-18-17(14-9-11(2)19-20-12(14)3)16-10-13-7-5-6-8-15(13)21-16/h5-10,17-18H,4H2,1-3H3. The van der Waals surface area contributed by atoms with Gasteiger partial charge in [-0.3, -0.25) is 0 Å². The Morgan fingerprint density at radius 2 is 1.95 bits per heavy atom. The lowest BCUT2D eigenvalue weighted by atomic mass is 10.0. The number of benzene rings is 1. The molecule has 0 bridgehead atoms. The van der Waals surface area contributed by atoms with Crippen LogP contribution in [0.4, 0.5) is 0 Å². The number of hydrogen-bond donors (Lipinski definition) is 1. The summed E-state index contributed by atoms with van der Waals surface area (Å²) in [6.07, 6.45) is 0. The third kappa shape index (κ3) is 2.67. The molecule has 0 amide bonds. The molecule has 0 fully saturated rings. The maximum Gasteiger partial charge on any atom is 0.134 e. The summed E-state index contributed by atoms with van der Waals surface area (Å²) < 4.78 is 6.02. The molecular weight excluding hydrogens is 262 g/mol. The summed E-state index contributed by atoms with van der Waals surface area (Å²) >= 11 is 0. The number of aryl methyl sites for hydroxylation is 2. The molecule has 108 valence electrons. The topological polar surface area (TPSA) is 51.0 Å². The minimum atomic E-state index is -0.00315. The van der Waals surface area contributed by atoms with Gasteiger partial charge < -0.3 is 9.73 Å². The fourth-order valence-corrected chi connectivity index (χ4v) is 2.57. The van der Waals surface area contributed by atoms with E-state index in [-0.39, 0.29) is 6.04 Å². The van der Waals surface area contributed by atoms with Crippen molar-refractivity contribution in [1.82, 2.24) is 15.5 Å². The van der Waals surface area contributed by atoms with Gasteiger partial charge in [0.2, 0.25) is 0 Å². The Balaban J connectivity index is 2.10. The number of furan rings is 1. The van der Waals surface area contributed by atoms with Gasteiger partial charge in [-0.2, -0.15) is 10.2 Å². The average molecular weight is 281 g/mol. The van der Waals surface area contributed by atoms with Crippen LogP contribution in [0.3, 0.4) is 0 Å². The zero-order valence-electron chi connectivity index (χ0n) is 12.6. The first-order chi connectivity index (χ1) is 10.2. The molecule has 0 spiro atoms. The summed E-state index contributed by atoms with van der Waals surface area (Å²) in [5, 5.41) is 12.9. The van der Waals surface area contributed by atoms with E-state index in [1.54, 1.807) is 0 Å². The van der Waals surface area contributed by atoms with Gasteiger partial charge in [-0.25, -0.2) is 0 Å². The van der Waals surface area contributed by atoms with Crippen LogP contribution in [-0.2, 0) is 0 Å². The van der Waals surface area contributed by atoms with Crippen molar-refractivity contribution in [3.05, 3.63) is 59.1 Å². The Hall–Kier alpha value is -2.20. The Kier molecular flexibility index (Phi) is 3.71. The molecule has 3 aromatic rings. The van der Waals surface area contributed by atoms with Crippen LogP contribution >= 0.6 is 0 Å². The smallest absolute Gasteiger partial charge is 0.134 e. The van der Waals surface area contributed by atoms with E-state index in [0.717, 1.165) is 40.2 Å². The first-order valence-electron chi connectivity index (χ1n) is 7.21. The van der Waals surface area contributed by atoms with Crippen molar-refractivity contribution in [2.45, 2.75) is 26.8 Å². The molecule has 4 nitrogen and oxygen atoms in total. The zero-order chi connectivity index (χ0) is 14.8. The van der Waals surface area contributed by atoms with Crippen molar-refractivity contribution in [2.75, 3.05) is 6.54 Å². The molecule has 0 saturated carbocycles. The Labute approximate surface area is 124 Å². The molecule has 1 unspecified atom stereocenters. The summed E-state index contributed by atoms with van der Waals surface area (Å²) in [5.74, 6) is 0.911. The number of fused-ring (bicyclic) bond motifs is 1. The van der Waals surface area contributed by atoms with Gasteiger partial charge in [0, 0.05) is 10.9 Å². The molecule has 1 aromatic carbocycles. The first-order valence-corrected chi connectivity index (χ1v) is 7.21. The second-order valence-corrected chi connectivity index (χ2v) is 5.20. The first kappa shape index (κ1) is 13.8. The summed E-state index contributed by atoms with van der Waals surface area (Å²) in [6, 6.07) is 12.2. The van der Waals surface area contributed by atoms with Crippen LogP contribution in [-0.4, -0.2) is 16.7 Å². The predicted octanol–water partition coefficient (Wildman–Crippen LogP) is 3.54. The minimum absolute atomic E-state index is 0.00315. The van der Waals surface area contributed by atoms with Crippen LogP contribution in [0.1, 0.15) is 35.7 Å². The van der Waals surface area contributed by atoms with Crippen molar-refractivity contribution < 1.29 is 4.42 Å². The number of nitrogens with one attached hydrogen (secondary N) is 1. The van der Waals surface area contributed by atoms with Crippen LogP contribution in [0.5, 0.6) is 0 Å². The summed E-state index contributed by atoms with van der Waals surface area (Å²) in [7, 11) is 0. The number of nitrogens with zero attached hydrogens (tertiary/aromatic N) is 2. The third-order valence-corrected chi connectivity index (χ3v) is 3.59. The van der Waals surface area contributed by atoms with Crippen LogP contribution in [0.25, 0.3) is 11.0 Å². The number of aromatic nitrogens is 2. The highest BCUT2D eigenvalue weighted by Crippen LogP contribution is 2.29. The van der Waals surface area contributed by atoms with Crippen molar-refractivity contribution in [1.29, 1.82) is 0 Å². The van der Waals surface area contributed by atoms with Gasteiger partial charge in [-0.15, -0.1) is 0 Å². The fourth-order valence-electron chi connectivity index (χ4n) is 2.57. The number of para-hydroxylation sites is 1. The van der Waals surface area contributed by atoms with Crippen molar-refractivity contribution in [3.8, 4) is 0 Å². The Morgan fingerprint density at radius 1 is 1.14 bits per heavy atom. The highest BCUT2D eigenvalue weighted by Gasteiger charge is 2.20. The van der Waals surface area contributed by atoms with Gasteiger partial charge in [-0.05, 0) is 38.6 Å². The maximum absolute atomic E-state index is 6.02. The van der Waals surface area contributed by atoms with Crippen molar-refractivity contribution in [2.24, 2.45) is 0 Å². The summed E-state index contributed by atoms with van der Waals surface area (Å²) in [5.41, 5.74) is 3.86. The average Bonchev–Trinajstić information content (AvgIpc) is 2.91. The van der Waals surface area contributed by atoms with Gasteiger partial charge in [0.15, 0.2) is 0 Å². The lowest BCUT2D eigenvalue weighted by Gasteiger charge is -2.17. The third-order valence-electron chi connectivity index (χ3n) is 3.59. The van der Waals surface area contributed by atoms with E-state index < -0.39 is 0 Å². The highest BCUT2D eigenvalue weighted by atomic mass is 16.3. The quantitative estimate of drug-likeness (QED) is 0.794. The van der Waals surface area contributed by atoms with E-state index in [4.69, 9.17) is 4.42 Å². The molecule has 0 aliphatic carbocycles. The normalized spacial score (nSPS) is 12.7. The number of rotatable bonds is 4. The molecule has 2 aromatic heterocycles. The largest absolute Gasteiger partial charge is 0.459 e. The molecule has 0 saturated heterocycles. The second kappa shape index (κ2) is 5.66. The molecule has 1 N–H and O–H groups in total. The second-order valence-electron chi connectivity index (χ2n) is 5.20. The van der Waals surface area contributed by atoms with E-state index in [1.807, 2.05) is 32.0 Å². The Bertz CT molecular complexity index is 731. The summed E-state index contributed by atoms with van der Waals surface area (Å²) in [6.45, 7) is 6.88. The van der Waals surface area contributed by atoms with Gasteiger partial charge in [-0.1, -0.05) is 25.1 Å². The lowest BCUT2D eigenvalue weighted by molar-refractivity contribution is 0.474. The molecule has 0 radical (unpaired) electrons. The monoisotopic (exact) mass is 281 g/mol. The maximum atomic E-state index is 6.02. The van der Waals surface area contributed by atoms with E-state index in [1.165, 1.54) is 0 Å². The molecule has 0 aliphatic heterocycles. The van der Waals surface area contributed by atoms with Gasteiger partial charge in [0.1, 0.15) is 11.3 Å². The SMILES string of the molecule is CCNC(c1cc2ccccc2o1)c1cc(C)nnc1C. The molecule has 4 heteroatoms. The summed E-state index contributed by atoms with van der Waals surface area (Å²) in [4.78, 5) is 0. The molecule has 1 atom stereocenters. The lowest BCUT2D eigenvalue weighted by Crippen LogP contribution is -2.23. The van der Waals surface area contributed by atoms with E-state index in [0.29, 0.717) is 0 Å². The van der Waals surface area contributed by atoms with Crippen LogP contribution in [0, 0.1) is 13.8 Å². The van der Waals surface area contributed by atoms with E-state index in [2.05, 4.69) is 40.6 Å². The molecule has 3 rings (SSSR count). The predicted molar refractivity (Wildman–Crippen MR) is 83.2 cm³/mol. The minimum Gasteiger partial charge on any atom is -0.459 e. The van der Waals surface area contributed by atoms with Crippen LogP contribution in [0.15, 0.2) is 40.8 Å². The van der Waals surface area contributed by atoms with Crippen LogP contribution < -0.4 is 5.32 Å². The fraction of sp³-hybridized carbons (Fsp3) is 0.294. The molecule has 21 heavy (non-hydrogen) atoms. The van der Waals surface area contributed by atoms with Crippen LogP contribution in [0.2, 0.25) is 0 Å². The molecule has 0 aliphatic rings. The van der Waals surface area contributed by atoms with Gasteiger partial charge in [0.25, 0.3) is 0 Å².